The van der Waals surface area contributed by atoms with Crippen LogP contribution in [0.25, 0.3) is 0 Å². The van der Waals surface area contributed by atoms with Crippen LogP contribution in [0.3, 0.4) is 0 Å². The largest absolute Gasteiger partial charge is 0.547 e. The molecule has 0 radical (unpaired) electrons. The summed E-state index contributed by atoms with van der Waals surface area (Å²) in [5.74, 6) is 3.86. The van der Waals surface area contributed by atoms with Gasteiger partial charge in [0.05, 0.1) is 24.6 Å². The highest BCUT2D eigenvalue weighted by Crippen LogP contribution is 2.82. The highest BCUT2D eigenvalue weighted by Gasteiger charge is 2.77. The van der Waals surface area contributed by atoms with Gasteiger partial charge in [0.25, 0.3) is 0 Å². The zero-order valence-corrected chi connectivity index (χ0v) is 37.3. The van der Waals surface area contributed by atoms with Crippen LogP contribution in [0.15, 0.2) is 11.3 Å². The van der Waals surface area contributed by atoms with Gasteiger partial charge in [-0.05, 0) is 127 Å². The molecule has 4 nitrogen and oxygen atoms in total. The van der Waals surface area contributed by atoms with E-state index in [4.69, 9.17) is 18.0 Å². The molecule has 4 fully saturated rings. The molecule has 9 atom stereocenters. The summed E-state index contributed by atoms with van der Waals surface area (Å²) in [6.07, 6.45) is 9.32. The second kappa shape index (κ2) is 11.5. The Morgan fingerprint density at radius 1 is 0.787 bits per heavy atom. The second-order valence-electron chi connectivity index (χ2n) is 22.0. The molecule has 0 bridgehead atoms. The Morgan fingerprint density at radius 3 is 1.87 bits per heavy atom. The van der Waals surface area contributed by atoms with Crippen molar-refractivity contribution in [1.82, 2.24) is 0 Å². The molecule has 5 rings (SSSR count). The topological polar surface area (TPSA) is 36.9 Å². The van der Waals surface area contributed by atoms with Crippen LogP contribution >= 0.6 is 0 Å². The van der Waals surface area contributed by atoms with E-state index in [1.165, 1.54) is 44.3 Å². The molecule has 5 aliphatic carbocycles. The molecule has 4 saturated carbocycles. The van der Waals surface area contributed by atoms with E-state index in [9.17, 15) is 0 Å². The van der Waals surface area contributed by atoms with E-state index >= 15 is 0 Å². The lowest BCUT2D eigenvalue weighted by Gasteiger charge is -2.59. The van der Waals surface area contributed by atoms with Gasteiger partial charge >= 0.3 is 0 Å². The summed E-state index contributed by atoms with van der Waals surface area (Å²) in [6.45, 7) is 42.1. The maximum Gasteiger partial charge on any atom is 0.250 e. The van der Waals surface area contributed by atoms with Crippen molar-refractivity contribution < 1.29 is 18.0 Å². The summed E-state index contributed by atoms with van der Waals surface area (Å²) in [4.78, 5) is 0. The highest BCUT2D eigenvalue weighted by molar-refractivity contribution is 6.75. The molecular formula is C40H76O4Si3. The van der Waals surface area contributed by atoms with Gasteiger partial charge < -0.3 is 18.0 Å². The summed E-state index contributed by atoms with van der Waals surface area (Å²) < 4.78 is 28.8. The SMILES string of the molecule is CO[C@@H]1C[C@H]2C3=C(O[Si](C)(C)C(C)(C)C)C[C@@H]([C@H](CO[Si](C)(C)C(C)(C)C)O[Si](C)(C)C(C)(C)C)[C@@]3(C)CC[C@@H]2[C@@]2(C)CC[C@@H]3C[C@]312. The van der Waals surface area contributed by atoms with Crippen LogP contribution < -0.4 is 0 Å². The molecule has 272 valence electrons. The zero-order chi connectivity index (χ0) is 35.6. The molecule has 0 aliphatic heterocycles. The van der Waals surface area contributed by atoms with Gasteiger partial charge in [0, 0.05) is 24.9 Å². The lowest BCUT2D eigenvalue weighted by Crippen LogP contribution is -2.56. The Hall–Kier alpha value is 0.0706. The Balaban J connectivity index is 1.60. The van der Waals surface area contributed by atoms with E-state index in [-0.39, 0.29) is 26.6 Å². The molecule has 0 aromatic rings. The fraction of sp³-hybridized carbons (Fsp3) is 0.950. The summed E-state index contributed by atoms with van der Waals surface area (Å²) in [5.41, 5.74) is 2.52. The molecule has 0 saturated heterocycles. The van der Waals surface area contributed by atoms with E-state index in [1.807, 2.05) is 7.11 Å². The lowest BCUT2D eigenvalue weighted by atomic mass is 9.46. The van der Waals surface area contributed by atoms with Gasteiger partial charge in [-0.2, -0.15) is 0 Å². The molecule has 0 aromatic carbocycles. The number of methoxy groups -OCH3 is 1. The van der Waals surface area contributed by atoms with Crippen LogP contribution in [0.4, 0.5) is 0 Å². The van der Waals surface area contributed by atoms with Crippen LogP contribution in [0.2, 0.25) is 54.4 Å². The van der Waals surface area contributed by atoms with Crippen LogP contribution in [0.1, 0.15) is 121 Å². The Kier molecular flexibility index (Phi) is 9.40. The third-order valence-corrected chi connectivity index (χ3v) is 30.0. The lowest BCUT2D eigenvalue weighted by molar-refractivity contribution is -0.126. The molecule has 0 aromatic heterocycles. The first kappa shape index (κ1) is 38.3. The van der Waals surface area contributed by atoms with Gasteiger partial charge in [-0.25, -0.2) is 0 Å². The monoisotopic (exact) mass is 705 g/mol. The normalized spacial score (nSPS) is 38.5. The molecule has 5 aliphatic rings. The van der Waals surface area contributed by atoms with Crippen LogP contribution in [-0.4, -0.2) is 50.9 Å². The number of hydrogen-bond donors (Lipinski definition) is 0. The summed E-state index contributed by atoms with van der Waals surface area (Å²) in [6, 6.07) is 0. The fourth-order valence-electron chi connectivity index (χ4n) is 10.5. The molecule has 1 spiro atoms. The third-order valence-electron chi connectivity index (χ3n) is 16.6. The number of fused-ring (bicyclic) bond motifs is 4. The predicted molar refractivity (Wildman–Crippen MR) is 206 cm³/mol. The summed E-state index contributed by atoms with van der Waals surface area (Å²) in [5, 5.41) is 0.449. The van der Waals surface area contributed by atoms with E-state index in [0.29, 0.717) is 35.4 Å². The van der Waals surface area contributed by atoms with Crippen LogP contribution in [0, 0.1) is 39.9 Å². The maximum atomic E-state index is 7.59. The Labute approximate surface area is 294 Å². The first-order valence-electron chi connectivity index (χ1n) is 19.4. The van der Waals surface area contributed by atoms with Crippen molar-refractivity contribution in [2.45, 2.75) is 188 Å². The molecule has 0 heterocycles. The second-order valence-corrected chi connectivity index (χ2v) is 36.3. The van der Waals surface area contributed by atoms with Crippen molar-refractivity contribution in [2.24, 2.45) is 39.9 Å². The molecule has 47 heavy (non-hydrogen) atoms. The van der Waals surface area contributed by atoms with Crippen molar-refractivity contribution >= 4 is 25.0 Å². The number of hydrogen-bond acceptors (Lipinski definition) is 4. The number of allylic oxidation sites excluding steroid dienone is 2. The first-order valence-corrected chi connectivity index (χ1v) is 28.1. The summed E-state index contributed by atoms with van der Waals surface area (Å²) in [7, 11) is -4.13. The van der Waals surface area contributed by atoms with E-state index in [2.05, 4.69) is 115 Å². The van der Waals surface area contributed by atoms with Gasteiger partial charge in [0.2, 0.25) is 8.32 Å². The van der Waals surface area contributed by atoms with Gasteiger partial charge in [-0.1, -0.05) is 76.2 Å². The standard InChI is InChI=1S/C40H76O4Si3/c1-35(2,3)45(13,14)42-26-32(44-47(17,18)37(7,8)9)30-24-31(43-46(15,16)36(4,5)6)34-28-23-33(41-12)40-25-27(40)19-22-39(40,11)29(28)20-21-38(30,34)10/h27-30,32-33H,19-26H2,1-18H3/t27-,28-,29+,30+,32+,33-,38-,39-,40+/m1/s1. The van der Waals surface area contributed by atoms with Gasteiger partial charge in [0.1, 0.15) is 0 Å². The van der Waals surface area contributed by atoms with E-state index in [1.54, 1.807) is 5.57 Å². The third kappa shape index (κ3) is 5.91. The van der Waals surface area contributed by atoms with Gasteiger partial charge in [0.15, 0.2) is 16.6 Å². The van der Waals surface area contributed by atoms with Crippen molar-refractivity contribution in [2.75, 3.05) is 13.7 Å². The molecule has 0 amide bonds. The minimum atomic E-state index is -2.09. The molecular weight excluding hydrogens is 629 g/mol. The molecule has 0 N–H and O–H groups in total. The number of ether oxygens (including phenoxy) is 1. The minimum absolute atomic E-state index is 0.0450. The van der Waals surface area contributed by atoms with Crippen molar-refractivity contribution in [3.8, 4) is 0 Å². The van der Waals surface area contributed by atoms with E-state index < -0.39 is 25.0 Å². The van der Waals surface area contributed by atoms with E-state index in [0.717, 1.165) is 18.3 Å². The maximum absolute atomic E-state index is 7.59. The van der Waals surface area contributed by atoms with Crippen LogP contribution in [-0.2, 0) is 18.0 Å². The van der Waals surface area contributed by atoms with Gasteiger partial charge in [-0.15, -0.1) is 0 Å². The quantitative estimate of drug-likeness (QED) is 0.224. The smallest absolute Gasteiger partial charge is 0.250 e. The molecule has 7 heteroatoms. The fourth-order valence-corrected chi connectivity index (χ4v) is 13.9. The van der Waals surface area contributed by atoms with Crippen molar-refractivity contribution in [3.05, 3.63) is 11.3 Å². The van der Waals surface area contributed by atoms with Crippen LogP contribution in [0.5, 0.6) is 0 Å². The average Bonchev–Trinajstić information content (AvgIpc) is 3.46. The number of rotatable bonds is 9. The van der Waals surface area contributed by atoms with Gasteiger partial charge in [-0.3, -0.25) is 0 Å². The Morgan fingerprint density at radius 2 is 1.36 bits per heavy atom. The highest BCUT2D eigenvalue weighted by atomic mass is 28.4. The average molecular weight is 705 g/mol. The van der Waals surface area contributed by atoms with Crippen molar-refractivity contribution in [3.63, 3.8) is 0 Å². The first-order chi connectivity index (χ1) is 21.1. The van der Waals surface area contributed by atoms with Crippen molar-refractivity contribution in [1.29, 1.82) is 0 Å². The Bertz CT molecular complexity index is 1240. The predicted octanol–water partition coefficient (Wildman–Crippen LogP) is 12.0. The molecule has 0 unspecified atom stereocenters. The zero-order valence-electron chi connectivity index (χ0n) is 34.3. The minimum Gasteiger partial charge on any atom is -0.547 e. The summed E-state index contributed by atoms with van der Waals surface area (Å²) >= 11 is 0.